The van der Waals surface area contributed by atoms with Gasteiger partial charge in [0.25, 0.3) is 0 Å². The maximum Gasteiger partial charge on any atom is 0.146 e. The average molecular weight is 224 g/mol. The Hall–Kier alpha value is -0.830. The van der Waals surface area contributed by atoms with Crippen LogP contribution in [0.3, 0.4) is 0 Å². The van der Waals surface area contributed by atoms with Gasteiger partial charge in [-0.1, -0.05) is 18.6 Å². The molecule has 0 N–H and O–H groups in total. The van der Waals surface area contributed by atoms with Gasteiger partial charge in [0.1, 0.15) is 11.6 Å². The van der Waals surface area contributed by atoms with Crippen molar-refractivity contribution >= 4 is 17.5 Å². The summed E-state index contributed by atoms with van der Waals surface area (Å²) in [5.74, 6) is 0.702. The lowest BCUT2D eigenvalue weighted by Gasteiger charge is -2.23. The molecule has 2 rings (SSSR count). The van der Waals surface area contributed by atoms with Crippen LogP contribution in [0.2, 0.25) is 0 Å². The lowest BCUT2D eigenvalue weighted by molar-refractivity contribution is -0.122. The lowest BCUT2D eigenvalue weighted by atomic mass is 9.83. The third-order valence-corrected chi connectivity index (χ3v) is 3.84. The van der Waals surface area contributed by atoms with Gasteiger partial charge in [0.05, 0.1) is 5.75 Å². The number of benzene rings is 1. The van der Waals surface area contributed by atoms with E-state index < -0.39 is 0 Å². The van der Waals surface area contributed by atoms with Gasteiger partial charge in [-0.05, 0) is 25.0 Å². The summed E-state index contributed by atoms with van der Waals surface area (Å²) in [4.78, 5) is 12.1. The van der Waals surface area contributed by atoms with Crippen LogP contribution < -0.4 is 0 Å². The van der Waals surface area contributed by atoms with E-state index in [0.29, 0.717) is 10.6 Å². The highest BCUT2D eigenvalue weighted by Gasteiger charge is 2.24. The van der Waals surface area contributed by atoms with Gasteiger partial charge >= 0.3 is 0 Å². The normalized spacial score (nSPS) is 16.1. The van der Waals surface area contributed by atoms with Gasteiger partial charge in [-0.2, -0.15) is 0 Å². The molecule has 0 aromatic heterocycles. The summed E-state index contributed by atoms with van der Waals surface area (Å²) < 4.78 is 13.2. The minimum Gasteiger partial charge on any atom is -0.298 e. The molecule has 1 nitrogen and oxygen atoms in total. The number of halogens is 1. The van der Waals surface area contributed by atoms with Crippen LogP contribution in [0.5, 0.6) is 0 Å². The van der Waals surface area contributed by atoms with Crippen molar-refractivity contribution < 1.29 is 9.18 Å². The van der Waals surface area contributed by atoms with E-state index in [0.717, 1.165) is 12.8 Å². The summed E-state index contributed by atoms with van der Waals surface area (Å²) in [6.07, 6.45) is 3.22. The summed E-state index contributed by atoms with van der Waals surface area (Å²) in [6.45, 7) is 0. The van der Waals surface area contributed by atoms with Gasteiger partial charge in [0.15, 0.2) is 0 Å². The molecule has 15 heavy (non-hydrogen) atoms. The Labute approximate surface area is 93.1 Å². The van der Waals surface area contributed by atoms with Gasteiger partial charge in [0, 0.05) is 10.8 Å². The zero-order valence-corrected chi connectivity index (χ0v) is 9.23. The van der Waals surface area contributed by atoms with Crippen molar-refractivity contribution in [3.05, 3.63) is 30.1 Å². The molecule has 0 amide bonds. The molecule has 0 heterocycles. The number of hydrogen-bond donors (Lipinski definition) is 0. The molecule has 0 atom stereocenters. The zero-order valence-electron chi connectivity index (χ0n) is 8.41. The fourth-order valence-corrected chi connectivity index (χ4v) is 2.47. The van der Waals surface area contributed by atoms with Crippen LogP contribution >= 0.6 is 11.8 Å². The number of ketones is 1. The van der Waals surface area contributed by atoms with E-state index in [1.165, 1.54) is 24.2 Å². The quantitative estimate of drug-likeness (QED) is 0.730. The van der Waals surface area contributed by atoms with Gasteiger partial charge in [0.2, 0.25) is 0 Å². The summed E-state index contributed by atoms with van der Waals surface area (Å²) in [5, 5.41) is 0. The minimum atomic E-state index is -0.232. The predicted octanol–water partition coefficient (Wildman–Crippen LogP) is 3.29. The Morgan fingerprint density at radius 3 is 2.73 bits per heavy atom. The molecule has 3 heteroatoms. The van der Waals surface area contributed by atoms with Crippen molar-refractivity contribution in [2.45, 2.75) is 24.2 Å². The number of thioether (sulfide) groups is 1. The molecule has 0 saturated heterocycles. The number of Topliss-reactive ketones (excluding diaryl/α,β-unsaturated/α-hetero) is 1. The molecule has 1 fully saturated rings. The fourth-order valence-electron chi connectivity index (χ4n) is 1.56. The van der Waals surface area contributed by atoms with Gasteiger partial charge < -0.3 is 0 Å². The van der Waals surface area contributed by atoms with Crippen molar-refractivity contribution in [1.29, 1.82) is 0 Å². The molecule has 1 aromatic rings. The molecule has 0 aliphatic heterocycles. The molecule has 0 unspecified atom stereocenters. The molecular weight excluding hydrogens is 211 g/mol. The molecule has 0 spiro atoms. The Kier molecular flexibility index (Phi) is 3.41. The zero-order chi connectivity index (χ0) is 10.7. The van der Waals surface area contributed by atoms with E-state index in [2.05, 4.69) is 0 Å². The average Bonchev–Trinajstić information content (AvgIpc) is 2.14. The van der Waals surface area contributed by atoms with E-state index in [-0.39, 0.29) is 17.5 Å². The number of hydrogen-bond acceptors (Lipinski definition) is 2. The topological polar surface area (TPSA) is 17.1 Å². The first kappa shape index (κ1) is 10.7. The number of carbonyl (C=O) groups excluding carboxylic acids is 1. The van der Waals surface area contributed by atoms with Crippen LogP contribution in [0, 0.1) is 11.7 Å². The van der Waals surface area contributed by atoms with Crippen molar-refractivity contribution in [2.75, 3.05) is 5.75 Å². The van der Waals surface area contributed by atoms with Crippen molar-refractivity contribution in [3.63, 3.8) is 0 Å². The molecule has 1 saturated carbocycles. The molecule has 80 valence electrons. The predicted molar refractivity (Wildman–Crippen MR) is 59.5 cm³/mol. The minimum absolute atomic E-state index is 0.232. The van der Waals surface area contributed by atoms with Crippen molar-refractivity contribution in [2.24, 2.45) is 5.92 Å². The number of rotatable bonds is 4. The Bertz CT molecular complexity index is 360. The summed E-state index contributed by atoms with van der Waals surface area (Å²) in [5.41, 5.74) is 0. The monoisotopic (exact) mass is 224 g/mol. The van der Waals surface area contributed by atoms with E-state index in [4.69, 9.17) is 0 Å². The second kappa shape index (κ2) is 4.79. The highest BCUT2D eigenvalue weighted by atomic mass is 32.2. The van der Waals surface area contributed by atoms with E-state index in [1.54, 1.807) is 18.2 Å². The van der Waals surface area contributed by atoms with Crippen LogP contribution in [0.25, 0.3) is 0 Å². The first-order valence-corrected chi connectivity index (χ1v) is 6.16. The van der Waals surface area contributed by atoms with E-state index in [9.17, 15) is 9.18 Å². The van der Waals surface area contributed by atoms with Crippen molar-refractivity contribution in [3.8, 4) is 0 Å². The SMILES string of the molecule is O=C(CSc1ccccc1F)C1CCC1. The molecule has 0 bridgehead atoms. The molecule has 1 aliphatic carbocycles. The Balaban J connectivity index is 1.87. The van der Waals surface area contributed by atoms with Crippen LogP contribution in [-0.2, 0) is 4.79 Å². The maximum absolute atomic E-state index is 13.2. The van der Waals surface area contributed by atoms with Crippen LogP contribution in [-0.4, -0.2) is 11.5 Å². The van der Waals surface area contributed by atoms with Gasteiger partial charge in [-0.25, -0.2) is 4.39 Å². The molecule has 1 aliphatic rings. The third kappa shape index (κ3) is 2.59. The molecular formula is C12H13FOS. The Morgan fingerprint density at radius 2 is 2.13 bits per heavy atom. The fraction of sp³-hybridized carbons (Fsp3) is 0.417. The Morgan fingerprint density at radius 1 is 1.40 bits per heavy atom. The lowest BCUT2D eigenvalue weighted by Crippen LogP contribution is -2.23. The van der Waals surface area contributed by atoms with E-state index in [1.807, 2.05) is 0 Å². The van der Waals surface area contributed by atoms with Crippen LogP contribution in [0.4, 0.5) is 4.39 Å². The van der Waals surface area contributed by atoms with Gasteiger partial charge in [-0.3, -0.25) is 4.79 Å². The van der Waals surface area contributed by atoms with Gasteiger partial charge in [-0.15, -0.1) is 11.8 Å². The second-order valence-corrected chi connectivity index (χ2v) is 4.83. The van der Waals surface area contributed by atoms with Crippen LogP contribution in [0.1, 0.15) is 19.3 Å². The summed E-state index contributed by atoms with van der Waals surface area (Å²) in [6, 6.07) is 6.59. The first-order chi connectivity index (χ1) is 7.27. The third-order valence-electron chi connectivity index (χ3n) is 2.77. The van der Waals surface area contributed by atoms with E-state index >= 15 is 0 Å². The highest BCUT2D eigenvalue weighted by molar-refractivity contribution is 8.00. The smallest absolute Gasteiger partial charge is 0.146 e. The summed E-state index contributed by atoms with van der Waals surface area (Å²) in [7, 11) is 0. The molecule has 0 radical (unpaired) electrons. The molecule has 1 aromatic carbocycles. The highest BCUT2D eigenvalue weighted by Crippen LogP contribution is 2.30. The second-order valence-electron chi connectivity index (χ2n) is 3.81. The van der Waals surface area contributed by atoms with Crippen LogP contribution in [0.15, 0.2) is 29.2 Å². The van der Waals surface area contributed by atoms with Crippen molar-refractivity contribution in [1.82, 2.24) is 0 Å². The largest absolute Gasteiger partial charge is 0.298 e. The maximum atomic E-state index is 13.2. The standard InChI is InChI=1S/C12H13FOS/c13-10-6-1-2-7-12(10)15-8-11(14)9-4-3-5-9/h1-2,6-7,9H,3-5,8H2. The summed E-state index contributed by atoms with van der Waals surface area (Å²) >= 11 is 1.31. The first-order valence-electron chi connectivity index (χ1n) is 5.17. The number of carbonyl (C=O) groups is 1.